The zero-order valence-electron chi connectivity index (χ0n) is 8.01. The second-order valence-electron chi connectivity index (χ2n) is 3.10. The minimum absolute atomic E-state index is 0.398. The van der Waals surface area contributed by atoms with Gasteiger partial charge in [-0.2, -0.15) is 10.1 Å². The molecule has 0 bridgehead atoms. The fourth-order valence-electron chi connectivity index (χ4n) is 1.18. The van der Waals surface area contributed by atoms with E-state index < -0.39 is 6.04 Å². The average molecular weight is 193 g/mol. The normalized spacial score (nSPS) is 13.1. The molecule has 1 unspecified atom stereocenters. The minimum atomic E-state index is -0.398. The van der Waals surface area contributed by atoms with Crippen LogP contribution < -0.4 is 5.73 Å². The van der Waals surface area contributed by atoms with E-state index in [2.05, 4.69) is 15.2 Å². The summed E-state index contributed by atoms with van der Waals surface area (Å²) < 4.78 is 6.65. The fourth-order valence-corrected chi connectivity index (χ4v) is 1.18. The Labute approximate surface area is 80.7 Å². The van der Waals surface area contributed by atoms with Crippen LogP contribution in [0.3, 0.4) is 0 Å². The van der Waals surface area contributed by atoms with Gasteiger partial charge in [-0.05, 0) is 6.92 Å². The van der Waals surface area contributed by atoms with E-state index in [1.165, 1.54) is 0 Å². The maximum absolute atomic E-state index is 5.89. The molecule has 6 heteroatoms. The maximum atomic E-state index is 5.89. The number of aryl methyl sites for hydroxylation is 2. The van der Waals surface area contributed by atoms with Crippen molar-refractivity contribution in [2.75, 3.05) is 0 Å². The first kappa shape index (κ1) is 8.89. The van der Waals surface area contributed by atoms with Gasteiger partial charge in [0.1, 0.15) is 6.04 Å². The van der Waals surface area contributed by atoms with Crippen molar-refractivity contribution in [2.45, 2.75) is 13.0 Å². The van der Waals surface area contributed by atoms with E-state index in [9.17, 15) is 0 Å². The Morgan fingerprint density at radius 2 is 2.36 bits per heavy atom. The number of nitrogens with zero attached hydrogens (tertiary/aromatic N) is 4. The molecule has 0 radical (unpaired) electrons. The summed E-state index contributed by atoms with van der Waals surface area (Å²) in [5.41, 5.74) is 6.75. The van der Waals surface area contributed by atoms with Crippen molar-refractivity contribution < 1.29 is 4.52 Å². The molecule has 6 nitrogen and oxygen atoms in total. The van der Waals surface area contributed by atoms with E-state index in [1.807, 2.05) is 13.2 Å². The number of rotatable bonds is 2. The molecule has 2 aromatic heterocycles. The third kappa shape index (κ3) is 1.51. The predicted octanol–water partition coefficient (Wildman–Crippen LogP) is 0.160. The van der Waals surface area contributed by atoms with Crippen molar-refractivity contribution in [3.63, 3.8) is 0 Å². The van der Waals surface area contributed by atoms with Gasteiger partial charge >= 0.3 is 0 Å². The van der Waals surface area contributed by atoms with Crippen molar-refractivity contribution in [3.05, 3.63) is 29.7 Å². The summed E-state index contributed by atoms with van der Waals surface area (Å²) in [4.78, 5) is 4.06. The highest BCUT2D eigenvalue weighted by Gasteiger charge is 2.16. The monoisotopic (exact) mass is 193 g/mol. The van der Waals surface area contributed by atoms with Crippen LogP contribution in [0, 0.1) is 6.92 Å². The van der Waals surface area contributed by atoms with Gasteiger partial charge in [0.25, 0.3) is 0 Å². The van der Waals surface area contributed by atoms with E-state index >= 15 is 0 Å². The highest BCUT2D eigenvalue weighted by Crippen LogP contribution is 2.16. The molecule has 0 aliphatic rings. The molecule has 0 spiro atoms. The Balaban J connectivity index is 2.28. The number of hydrogen-bond donors (Lipinski definition) is 1. The van der Waals surface area contributed by atoms with Gasteiger partial charge in [0.2, 0.25) is 5.89 Å². The van der Waals surface area contributed by atoms with Crippen LogP contribution in [0.15, 0.2) is 16.9 Å². The SMILES string of the molecule is Cc1noc(C(N)c2cnn(C)c2)n1. The van der Waals surface area contributed by atoms with Crippen LogP contribution in [0.5, 0.6) is 0 Å². The zero-order chi connectivity index (χ0) is 10.1. The highest BCUT2D eigenvalue weighted by molar-refractivity contribution is 5.16. The molecule has 2 rings (SSSR count). The predicted molar refractivity (Wildman–Crippen MR) is 48.3 cm³/mol. The van der Waals surface area contributed by atoms with Gasteiger partial charge in [0.15, 0.2) is 5.82 Å². The third-order valence-electron chi connectivity index (χ3n) is 1.89. The molecule has 0 saturated carbocycles. The lowest BCUT2D eigenvalue weighted by molar-refractivity contribution is 0.364. The second-order valence-corrected chi connectivity index (χ2v) is 3.10. The second kappa shape index (κ2) is 3.22. The molecular weight excluding hydrogens is 182 g/mol. The topological polar surface area (TPSA) is 82.8 Å². The molecule has 1 atom stereocenters. The first-order valence-corrected chi connectivity index (χ1v) is 4.21. The molecule has 2 heterocycles. The van der Waals surface area contributed by atoms with Gasteiger partial charge < -0.3 is 10.3 Å². The van der Waals surface area contributed by atoms with Crippen molar-refractivity contribution >= 4 is 0 Å². The number of aromatic nitrogens is 4. The molecule has 74 valence electrons. The van der Waals surface area contributed by atoms with Gasteiger partial charge in [-0.3, -0.25) is 4.68 Å². The molecule has 0 fully saturated rings. The molecule has 2 aromatic rings. The van der Waals surface area contributed by atoms with Crippen molar-refractivity contribution in [2.24, 2.45) is 12.8 Å². The van der Waals surface area contributed by atoms with Gasteiger partial charge in [-0.1, -0.05) is 5.16 Å². The molecule has 0 aliphatic heterocycles. The Morgan fingerprint density at radius 3 is 2.86 bits per heavy atom. The van der Waals surface area contributed by atoms with Crippen molar-refractivity contribution in [1.82, 2.24) is 19.9 Å². The van der Waals surface area contributed by atoms with Crippen molar-refractivity contribution in [3.8, 4) is 0 Å². The molecular formula is C8H11N5O. The molecule has 0 aliphatic carbocycles. The van der Waals surface area contributed by atoms with E-state index in [1.54, 1.807) is 17.8 Å². The van der Waals surface area contributed by atoms with E-state index in [4.69, 9.17) is 10.3 Å². The first-order valence-electron chi connectivity index (χ1n) is 4.21. The summed E-state index contributed by atoms with van der Waals surface area (Å²) >= 11 is 0. The van der Waals surface area contributed by atoms with Gasteiger partial charge in [-0.15, -0.1) is 0 Å². The zero-order valence-corrected chi connectivity index (χ0v) is 8.01. The fraction of sp³-hybridized carbons (Fsp3) is 0.375. The number of nitrogens with two attached hydrogens (primary N) is 1. The van der Waals surface area contributed by atoms with Crippen LogP contribution in [0.4, 0.5) is 0 Å². The third-order valence-corrected chi connectivity index (χ3v) is 1.89. The Bertz CT molecular complexity index is 392. The summed E-state index contributed by atoms with van der Waals surface area (Å²) in [6, 6.07) is -0.398. The van der Waals surface area contributed by atoms with Gasteiger partial charge in [0, 0.05) is 18.8 Å². The summed E-state index contributed by atoms with van der Waals surface area (Å²) in [7, 11) is 1.83. The van der Waals surface area contributed by atoms with Gasteiger partial charge in [-0.25, -0.2) is 0 Å². The van der Waals surface area contributed by atoms with Gasteiger partial charge in [0.05, 0.1) is 6.20 Å². The quantitative estimate of drug-likeness (QED) is 0.734. The minimum Gasteiger partial charge on any atom is -0.337 e. The lowest BCUT2D eigenvalue weighted by Gasteiger charge is -2.01. The summed E-state index contributed by atoms with van der Waals surface area (Å²) in [5.74, 6) is 0.995. The summed E-state index contributed by atoms with van der Waals surface area (Å²) in [6.45, 7) is 1.75. The standard InChI is InChI=1S/C8H11N5O/c1-5-11-8(14-12-5)7(9)6-3-10-13(2)4-6/h3-4,7H,9H2,1-2H3. The van der Waals surface area contributed by atoms with Crippen LogP contribution in [-0.4, -0.2) is 19.9 Å². The highest BCUT2D eigenvalue weighted by atomic mass is 16.5. The summed E-state index contributed by atoms with van der Waals surface area (Å²) in [6.07, 6.45) is 3.51. The lowest BCUT2D eigenvalue weighted by Crippen LogP contribution is -2.11. The van der Waals surface area contributed by atoms with Crippen molar-refractivity contribution in [1.29, 1.82) is 0 Å². The van der Waals surface area contributed by atoms with Crippen LogP contribution in [0.25, 0.3) is 0 Å². The smallest absolute Gasteiger partial charge is 0.248 e. The largest absolute Gasteiger partial charge is 0.337 e. The van der Waals surface area contributed by atoms with Crippen LogP contribution in [0.1, 0.15) is 23.3 Å². The Kier molecular flexibility index (Phi) is 2.05. The number of hydrogen-bond acceptors (Lipinski definition) is 5. The Morgan fingerprint density at radius 1 is 1.57 bits per heavy atom. The molecule has 0 aromatic carbocycles. The molecule has 2 N–H and O–H groups in total. The Hall–Kier alpha value is -1.69. The van der Waals surface area contributed by atoms with Crippen LogP contribution in [-0.2, 0) is 7.05 Å². The molecule has 14 heavy (non-hydrogen) atoms. The van der Waals surface area contributed by atoms with Crippen LogP contribution >= 0.6 is 0 Å². The van der Waals surface area contributed by atoms with E-state index in [-0.39, 0.29) is 0 Å². The lowest BCUT2D eigenvalue weighted by atomic mass is 10.2. The molecule has 0 amide bonds. The molecule has 0 saturated heterocycles. The first-order chi connectivity index (χ1) is 6.66. The summed E-state index contributed by atoms with van der Waals surface area (Å²) in [5, 5.41) is 7.69. The van der Waals surface area contributed by atoms with E-state index in [0.29, 0.717) is 11.7 Å². The van der Waals surface area contributed by atoms with Crippen LogP contribution in [0.2, 0.25) is 0 Å². The van der Waals surface area contributed by atoms with E-state index in [0.717, 1.165) is 5.56 Å². The maximum Gasteiger partial charge on any atom is 0.248 e. The average Bonchev–Trinajstić information content (AvgIpc) is 2.73.